The minimum absolute atomic E-state index is 0.00549. The summed E-state index contributed by atoms with van der Waals surface area (Å²) in [4.78, 5) is 24.3. The number of pyridine rings is 1. The van der Waals surface area contributed by atoms with Gasteiger partial charge in [-0.1, -0.05) is 41.9 Å². The van der Waals surface area contributed by atoms with Crippen molar-refractivity contribution in [1.82, 2.24) is 15.2 Å². The number of azide groups is 1. The Labute approximate surface area is 244 Å². The van der Waals surface area contributed by atoms with Crippen molar-refractivity contribution < 1.29 is 9.53 Å². The zero-order valence-electron chi connectivity index (χ0n) is 22.6. The Hall–Kier alpha value is -3.34. The number of carbonyl (C=O) groups excluding carboxylic acids is 1. The van der Waals surface area contributed by atoms with E-state index in [-0.39, 0.29) is 5.91 Å². The molecule has 0 unspecified atom stereocenters. The average molecular weight is 640 g/mol. The predicted octanol–water partition coefficient (Wildman–Crippen LogP) is 6.10. The molecule has 206 valence electrons. The van der Waals surface area contributed by atoms with E-state index >= 15 is 0 Å². The summed E-state index contributed by atoms with van der Waals surface area (Å²) < 4.78 is 6.12. The molecular weight excluding hydrogens is 603 g/mol. The van der Waals surface area contributed by atoms with Gasteiger partial charge in [0.1, 0.15) is 11.6 Å². The van der Waals surface area contributed by atoms with Crippen LogP contribution in [0.1, 0.15) is 30.4 Å². The lowest BCUT2D eigenvalue weighted by molar-refractivity contribution is -0.120. The fourth-order valence-electron chi connectivity index (χ4n) is 4.12. The molecule has 0 atom stereocenters. The summed E-state index contributed by atoms with van der Waals surface area (Å²) in [6.07, 6.45) is 5.23. The molecule has 10 heteroatoms. The molecule has 1 heterocycles. The smallest absolute Gasteiger partial charge is 0.224 e. The molecule has 0 aliphatic carbocycles. The van der Waals surface area contributed by atoms with Crippen LogP contribution in [0.15, 0.2) is 72.0 Å². The summed E-state index contributed by atoms with van der Waals surface area (Å²) in [5.74, 6) is 1.83. The Balaban J connectivity index is 1.34. The van der Waals surface area contributed by atoms with Gasteiger partial charge in [0.25, 0.3) is 0 Å². The van der Waals surface area contributed by atoms with E-state index in [1.807, 2.05) is 42.6 Å². The molecule has 0 fully saturated rings. The summed E-state index contributed by atoms with van der Waals surface area (Å²) in [6.45, 7) is 4.26. The highest BCUT2D eigenvalue weighted by Gasteiger charge is 2.11. The Kier molecular flexibility index (Phi) is 12.8. The van der Waals surface area contributed by atoms with Gasteiger partial charge in [-0.05, 0) is 96.0 Å². The largest absolute Gasteiger partial charge is 0.497 e. The first-order valence-electron chi connectivity index (χ1n) is 13.1. The Bertz CT molecular complexity index is 1220. The maximum atomic E-state index is 12.3. The number of halogens is 1. The molecule has 1 amide bonds. The first-order chi connectivity index (χ1) is 19.0. The van der Waals surface area contributed by atoms with E-state index in [9.17, 15) is 4.79 Å². The van der Waals surface area contributed by atoms with Crippen LogP contribution < -0.4 is 15.0 Å². The second-order valence-electron chi connectivity index (χ2n) is 9.32. The van der Waals surface area contributed by atoms with Crippen LogP contribution in [0.3, 0.4) is 0 Å². The van der Waals surface area contributed by atoms with Gasteiger partial charge in [-0.25, -0.2) is 4.98 Å². The van der Waals surface area contributed by atoms with Gasteiger partial charge in [-0.2, -0.15) is 0 Å². The van der Waals surface area contributed by atoms with Crippen molar-refractivity contribution in [2.24, 2.45) is 5.11 Å². The minimum Gasteiger partial charge on any atom is -0.497 e. The fraction of sp³-hybridized carbons (Fsp3) is 0.379. The molecule has 0 aliphatic heterocycles. The third-order valence-corrected chi connectivity index (χ3v) is 7.19. The van der Waals surface area contributed by atoms with Crippen molar-refractivity contribution in [3.8, 4) is 5.75 Å². The van der Waals surface area contributed by atoms with Crippen molar-refractivity contribution in [2.45, 2.75) is 32.2 Å². The maximum Gasteiger partial charge on any atom is 0.224 e. The zero-order valence-corrected chi connectivity index (χ0v) is 24.8. The summed E-state index contributed by atoms with van der Waals surface area (Å²) >= 11 is 2.11. The summed E-state index contributed by atoms with van der Waals surface area (Å²) in [6, 6.07) is 19.6. The minimum atomic E-state index is 0.00549. The molecule has 0 saturated carbocycles. The van der Waals surface area contributed by atoms with E-state index < -0.39 is 0 Å². The summed E-state index contributed by atoms with van der Waals surface area (Å²) in [5, 5.41) is 6.64. The van der Waals surface area contributed by atoms with Gasteiger partial charge >= 0.3 is 0 Å². The van der Waals surface area contributed by atoms with E-state index in [4.69, 9.17) is 10.3 Å². The van der Waals surface area contributed by atoms with Crippen LogP contribution in [-0.2, 0) is 17.8 Å². The maximum absolute atomic E-state index is 12.3. The number of benzene rings is 2. The van der Waals surface area contributed by atoms with Crippen molar-refractivity contribution in [3.63, 3.8) is 0 Å². The van der Waals surface area contributed by atoms with Crippen LogP contribution in [0.5, 0.6) is 5.75 Å². The van der Waals surface area contributed by atoms with Gasteiger partial charge < -0.3 is 19.9 Å². The normalized spacial score (nSPS) is 10.7. The molecule has 3 rings (SSSR count). The highest BCUT2D eigenvalue weighted by atomic mass is 125. The van der Waals surface area contributed by atoms with Gasteiger partial charge in [0.2, 0.25) is 5.91 Å². The van der Waals surface area contributed by atoms with Gasteiger partial charge in [0.15, 0.2) is 0 Å². The standard InChI is InChI=1S/C29H36IN7O2/c1-36(17-7-3-5-16-33-29(38)21-24-11-14-27(34-35-31)26(30)20-24)18-19-37(28-8-4-6-15-32-28)22-23-9-12-25(39-2)13-10-23/h4,6,8-15,20H,3,5,7,16-19,21-22H2,1-2H3,(H,33,38)/i30-2. The number of nitrogens with one attached hydrogen (secondary N) is 1. The van der Waals surface area contributed by atoms with Gasteiger partial charge in [-0.15, -0.1) is 0 Å². The number of anilines is 1. The Morgan fingerprint density at radius 1 is 1.05 bits per heavy atom. The van der Waals surface area contributed by atoms with E-state index in [2.05, 4.69) is 78.0 Å². The molecule has 9 nitrogen and oxygen atoms in total. The number of hydrogen-bond donors (Lipinski definition) is 1. The van der Waals surface area contributed by atoms with E-state index in [1.165, 1.54) is 5.56 Å². The molecular formula is C29H36IN7O2. The number of hydrogen-bond acceptors (Lipinski definition) is 6. The van der Waals surface area contributed by atoms with E-state index in [0.29, 0.717) is 18.7 Å². The number of unbranched alkanes of at least 4 members (excludes halogenated alkanes) is 2. The quantitative estimate of drug-likeness (QED) is 0.0670. The topological polar surface area (TPSA) is 106 Å². The molecule has 1 N–H and O–H groups in total. The SMILES string of the molecule is COc1ccc(CN(CCN(C)CCCCCNC(=O)Cc2ccc(N=[N+]=[N-])c([125I])c2)c2ccccn2)cc1. The summed E-state index contributed by atoms with van der Waals surface area (Å²) in [5.41, 5.74) is 11.3. The van der Waals surface area contributed by atoms with Crippen molar-refractivity contribution >= 4 is 40.0 Å². The third-order valence-electron chi connectivity index (χ3n) is 6.33. The molecule has 3 aromatic rings. The van der Waals surface area contributed by atoms with Crippen LogP contribution in [0, 0.1) is 3.57 Å². The number of amides is 1. The lowest BCUT2D eigenvalue weighted by Gasteiger charge is -2.27. The number of carbonyl (C=O) groups is 1. The van der Waals surface area contributed by atoms with E-state index in [1.54, 1.807) is 13.2 Å². The van der Waals surface area contributed by atoms with Crippen LogP contribution in [0.4, 0.5) is 11.5 Å². The molecule has 0 bridgehead atoms. The number of rotatable bonds is 16. The first kappa shape index (κ1) is 30.2. The number of methoxy groups -OCH3 is 1. The number of nitrogens with zero attached hydrogens (tertiary/aromatic N) is 6. The molecule has 1 aromatic heterocycles. The lowest BCUT2D eigenvalue weighted by atomic mass is 10.1. The predicted molar refractivity (Wildman–Crippen MR) is 164 cm³/mol. The van der Waals surface area contributed by atoms with Crippen LogP contribution in [0.2, 0.25) is 0 Å². The second-order valence-corrected chi connectivity index (χ2v) is 10.5. The fourth-order valence-corrected chi connectivity index (χ4v) is 4.81. The number of likely N-dealkylation sites (N-methyl/N-ethyl adjacent to an activating group) is 1. The van der Waals surface area contributed by atoms with E-state index in [0.717, 1.165) is 66.1 Å². The van der Waals surface area contributed by atoms with Crippen molar-refractivity contribution in [3.05, 3.63) is 92.0 Å². The first-order valence-corrected chi connectivity index (χ1v) is 14.1. The van der Waals surface area contributed by atoms with Crippen LogP contribution >= 0.6 is 22.6 Å². The third kappa shape index (κ3) is 10.7. The number of aromatic nitrogens is 1. The van der Waals surface area contributed by atoms with Crippen molar-refractivity contribution in [1.29, 1.82) is 0 Å². The Morgan fingerprint density at radius 2 is 1.85 bits per heavy atom. The van der Waals surface area contributed by atoms with Crippen molar-refractivity contribution in [2.75, 3.05) is 45.2 Å². The second kappa shape index (κ2) is 16.6. The monoisotopic (exact) mass is 639 g/mol. The zero-order chi connectivity index (χ0) is 27.9. The summed E-state index contributed by atoms with van der Waals surface area (Å²) in [7, 11) is 3.83. The molecule has 2 aromatic carbocycles. The van der Waals surface area contributed by atoms with Gasteiger partial charge in [0.05, 0.1) is 19.2 Å². The molecule has 0 aliphatic rings. The highest BCUT2D eigenvalue weighted by Crippen LogP contribution is 2.23. The molecule has 39 heavy (non-hydrogen) atoms. The Morgan fingerprint density at radius 3 is 2.54 bits per heavy atom. The highest BCUT2D eigenvalue weighted by molar-refractivity contribution is 14.1. The van der Waals surface area contributed by atoms with Crippen LogP contribution in [-0.4, -0.2) is 56.1 Å². The molecule has 0 saturated heterocycles. The lowest BCUT2D eigenvalue weighted by Crippen LogP contribution is -2.34. The van der Waals surface area contributed by atoms with Gasteiger partial charge in [-0.3, -0.25) is 4.79 Å². The number of ether oxygens (including phenoxy) is 1. The molecule has 0 radical (unpaired) electrons. The van der Waals surface area contributed by atoms with Crippen LogP contribution in [0.25, 0.3) is 10.4 Å². The molecule has 0 spiro atoms. The average Bonchev–Trinajstić information content (AvgIpc) is 2.95. The van der Waals surface area contributed by atoms with Gasteiger partial charge in [0, 0.05) is 40.9 Å².